The van der Waals surface area contributed by atoms with Crippen LogP contribution in [0, 0.1) is 29.3 Å². The van der Waals surface area contributed by atoms with Crippen LogP contribution in [0.5, 0.6) is 0 Å². The fourth-order valence-corrected chi connectivity index (χ4v) is 3.45. The molecule has 0 radical (unpaired) electrons. The molecule has 0 bridgehead atoms. The van der Waals surface area contributed by atoms with Crippen LogP contribution in [0.3, 0.4) is 0 Å². The van der Waals surface area contributed by atoms with E-state index in [1.807, 2.05) is 12.1 Å². The number of ether oxygens (including phenoxy) is 1. The lowest BCUT2D eigenvalue weighted by molar-refractivity contribution is 0.184. The lowest BCUT2D eigenvalue weighted by atomic mass is 10.0. The smallest absolute Gasteiger partial charge is 0.142 e. The second-order valence-corrected chi connectivity index (χ2v) is 7.48. The molecule has 0 spiro atoms. The summed E-state index contributed by atoms with van der Waals surface area (Å²) in [6.07, 6.45) is 2.76. The topological polar surface area (TPSA) is 22.1 Å². The number of rotatable bonds is 5. The maximum Gasteiger partial charge on any atom is 0.142 e. The van der Waals surface area contributed by atoms with Gasteiger partial charge in [0.15, 0.2) is 0 Å². The molecule has 0 saturated heterocycles. The Morgan fingerprint density at radius 3 is 2.25 bits per heavy atom. The van der Waals surface area contributed by atoms with Gasteiger partial charge in [0, 0.05) is 24.6 Å². The first-order chi connectivity index (χ1) is 15.5. The van der Waals surface area contributed by atoms with Gasteiger partial charge < -0.3 is 4.74 Å². The minimum atomic E-state index is -0.696. The number of hydrogen-bond donors (Lipinski definition) is 0. The van der Waals surface area contributed by atoms with Gasteiger partial charge in [-0.2, -0.15) is 0 Å². The minimum absolute atomic E-state index is 0.269. The summed E-state index contributed by atoms with van der Waals surface area (Å²) in [5, 5.41) is 1.54. The summed E-state index contributed by atoms with van der Waals surface area (Å²) in [6.45, 7) is 0.490. The molecule has 4 aromatic rings. The number of aromatic nitrogens is 1. The number of nitrogens with zero attached hydrogens (tertiary/aromatic N) is 1. The van der Waals surface area contributed by atoms with Crippen molar-refractivity contribution < 1.29 is 17.9 Å². The van der Waals surface area contributed by atoms with E-state index in [0.29, 0.717) is 30.6 Å². The van der Waals surface area contributed by atoms with Crippen LogP contribution in [-0.2, 0) is 24.2 Å². The van der Waals surface area contributed by atoms with Crippen molar-refractivity contribution in [1.29, 1.82) is 0 Å². The third-order valence-electron chi connectivity index (χ3n) is 5.10. The van der Waals surface area contributed by atoms with E-state index in [1.54, 1.807) is 37.6 Å². The van der Waals surface area contributed by atoms with Crippen LogP contribution in [0.1, 0.15) is 27.9 Å². The Balaban J connectivity index is 1.49. The SMILES string of the molecule is COCc1ccc(CCc2cc(F)c(C#Cc3ccc4cc(F)ccc4c3)c(F)c2)nc1. The Morgan fingerprint density at radius 1 is 0.781 bits per heavy atom. The lowest BCUT2D eigenvalue weighted by Gasteiger charge is -2.06. The Labute approximate surface area is 184 Å². The third kappa shape index (κ3) is 5.16. The Bertz CT molecular complexity index is 1300. The van der Waals surface area contributed by atoms with Crippen molar-refractivity contribution in [2.45, 2.75) is 19.4 Å². The molecule has 0 N–H and O–H groups in total. The molecular formula is C27H20F3NO. The third-order valence-corrected chi connectivity index (χ3v) is 5.10. The number of aryl methyl sites for hydroxylation is 2. The highest BCUT2D eigenvalue weighted by atomic mass is 19.1. The second-order valence-electron chi connectivity index (χ2n) is 7.48. The first kappa shape index (κ1) is 21.6. The van der Waals surface area contributed by atoms with E-state index in [-0.39, 0.29) is 11.4 Å². The fraction of sp³-hybridized carbons (Fsp3) is 0.148. The van der Waals surface area contributed by atoms with E-state index in [4.69, 9.17) is 4.74 Å². The van der Waals surface area contributed by atoms with Gasteiger partial charge in [0.2, 0.25) is 0 Å². The van der Waals surface area contributed by atoms with Crippen LogP contribution < -0.4 is 0 Å². The van der Waals surface area contributed by atoms with Crippen molar-refractivity contribution in [2.75, 3.05) is 7.11 Å². The quantitative estimate of drug-likeness (QED) is 0.363. The average Bonchev–Trinajstić information content (AvgIpc) is 2.78. The van der Waals surface area contributed by atoms with Crippen molar-refractivity contribution in [3.05, 3.63) is 112 Å². The molecule has 1 heterocycles. The van der Waals surface area contributed by atoms with Gasteiger partial charge in [0.05, 0.1) is 12.2 Å². The summed E-state index contributed by atoms with van der Waals surface area (Å²) in [7, 11) is 1.62. The second kappa shape index (κ2) is 9.67. The molecule has 4 rings (SSSR count). The first-order valence-corrected chi connectivity index (χ1v) is 10.1. The molecule has 0 atom stereocenters. The summed E-state index contributed by atoms with van der Waals surface area (Å²) in [5.74, 6) is 3.68. The number of hydrogen-bond acceptors (Lipinski definition) is 2. The summed E-state index contributed by atoms with van der Waals surface area (Å²) >= 11 is 0. The monoisotopic (exact) mass is 431 g/mol. The number of halogens is 3. The molecule has 0 aliphatic carbocycles. The van der Waals surface area contributed by atoms with E-state index < -0.39 is 11.6 Å². The maximum atomic E-state index is 14.6. The van der Waals surface area contributed by atoms with Gasteiger partial charge >= 0.3 is 0 Å². The Morgan fingerprint density at radius 2 is 1.53 bits per heavy atom. The molecule has 0 unspecified atom stereocenters. The summed E-state index contributed by atoms with van der Waals surface area (Å²) < 4.78 is 47.5. The number of methoxy groups -OCH3 is 1. The Kier molecular flexibility index (Phi) is 6.53. The zero-order valence-corrected chi connectivity index (χ0v) is 17.5. The molecule has 0 amide bonds. The number of benzene rings is 3. The van der Waals surface area contributed by atoms with Crippen LogP contribution in [0.4, 0.5) is 13.2 Å². The molecule has 160 valence electrons. The van der Waals surface area contributed by atoms with Gasteiger partial charge in [-0.25, -0.2) is 13.2 Å². The zero-order valence-electron chi connectivity index (χ0n) is 17.5. The van der Waals surface area contributed by atoms with Gasteiger partial charge in [-0.05, 0) is 77.2 Å². The van der Waals surface area contributed by atoms with E-state index in [1.165, 1.54) is 24.3 Å². The van der Waals surface area contributed by atoms with Crippen LogP contribution in [-0.4, -0.2) is 12.1 Å². The molecule has 0 aliphatic heterocycles. The van der Waals surface area contributed by atoms with Gasteiger partial charge in [0.25, 0.3) is 0 Å². The number of fused-ring (bicyclic) bond motifs is 1. The van der Waals surface area contributed by atoms with Crippen molar-refractivity contribution in [1.82, 2.24) is 4.98 Å². The average molecular weight is 431 g/mol. The summed E-state index contributed by atoms with van der Waals surface area (Å²) in [5.41, 5.74) is 2.67. The van der Waals surface area contributed by atoms with Crippen molar-refractivity contribution in [3.8, 4) is 11.8 Å². The highest BCUT2D eigenvalue weighted by molar-refractivity contribution is 5.84. The Hall–Kier alpha value is -3.62. The molecule has 0 aliphatic rings. The van der Waals surface area contributed by atoms with E-state index in [9.17, 15) is 13.2 Å². The predicted molar refractivity (Wildman–Crippen MR) is 119 cm³/mol. The molecule has 0 fully saturated rings. The largest absolute Gasteiger partial charge is 0.380 e. The van der Waals surface area contributed by atoms with Crippen LogP contribution >= 0.6 is 0 Å². The van der Waals surface area contributed by atoms with Gasteiger partial charge in [-0.1, -0.05) is 30.0 Å². The fourth-order valence-electron chi connectivity index (χ4n) is 3.45. The summed E-state index contributed by atoms with van der Waals surface area (Å²) in [4.78, 5) is 4.35. The van der Waals surface area contributed by atoms with E-state index in [0.717, 1.165) is 22.0 Å². The van der Waals surface area contributed by atoms with Crippen LogP contribution in [0.25, 0.3) is 10.8 Å². The molecular weight excluding hydrogens is 411 g/mol. The highest BCUT2D eigenvalue weighted by Gasteiger charge is 2.10. The summed E-state index contributed by atoms with van der Waals surface area (Å²) in [6, 6.07) is 16.1. The standard InChI is InChI=1S/C27H20F3NO/c1-32-17-20-4-10-24(31-16-20)9-3-19-13-26(29)25(27(30)14-19)11-5-18-2-6-22-15-23(28)8-7-21(22)12-18/h2,4,6-8,10,12-16H,3,9,17H2,1H3. The van der Waals surface area contributed by atoms with E-state index in [2.05, 4.69) is 16.8 Å². The normalized spacial score (nSPS) is 10.8. The maximum absolute atomic E-state index is 14.6. The van der Waals surface area contributed by atoms with Crippen molar-refractivity contribution in [2.24, 2.45) is 0 Å². The highest BCUT2D eigenvalue weighted by Crippen LogP contribution is 2.19. The molecule has 1 aromatic heterocycles. The van der Waals surface area contributed by atoms with E-state index >= 15 is 0 Å². The molecule has 2 nitrogen and oxygen atoms in total. The predicted octanol–water partition coefficient (Wildman–Crippen LogP) is 5.98. The van der Waals surface area contributed by atoms with Gasteiger partial charge in [0.1, 0.15) is 17.5 Å². The van der Waals surface area contributed by atoms with Crippen molar-refractivity contribution in [3.63, 3.8) is 0 Å². The molecule has 5 heteroatoms. The van der Waals surface area contributed by atoms with Crippen molar-refractivity contribution >= 4 is 10.8 Å². The molecule has 32 heavy (non-hydrogen) atoms. The van der Waals surface area contributed by atoms with Gasteiger partial charge in [-0.15, -0.1) is 0 Å². The number of pyridine rings is 1. The minimum Gasteiger partial charge on any atom is -0.380 e. The zero-order chi connectivity index (χ0) is 22.5. The van der Waals surface area contributed by atoms with Gasteiger partial charge in [-0.3, -0.25) is 4.98 Å². The molecule has 0 saturated carbocycles. The first-order valence-electron chi connectivity index (χ1n) is 10.1. The lowest BCUT2D eigenvalue weighted by Crippen LogP contribution is -1.99. The molecule has 3 aromatic carbocycles. The van der Waals surface area contributed by atoms with Crippen LogP contribution in [0.2, 0.25) is 0 Å². The van der Waals surface area contributed by atoms with Crippen LogP contribution in [0.15, 0.2) is 66.9 Å².